The van der Waals surface area contributed by atoms with Gasteiger partial charge in [0.05, 0.1) is 29.9 Å². The lowest BCUT2D eigenvalue weighted by Gasteiger charge is -2.21. The zero-order chi connectivity index (χ0) is 23.7. The van der Waals surface area contributed by atoms with E-state index in [0.29, 0.717) is 17.7 Å². The number of nitrogens with zero attached hydrogens (tertiary/aromatic N) is 2. The molecule has 1 heterocycles. The molecule has 0 fully saturated rings. The number of anilines is 1. The van der Waals surface area contributed by atoms with Gasteiger partial charge >= 0.3 is 5.97 Å². The normalized spacial score (nSPS) is 13.2. The molecule has 0 aliphatic heterocycles. The van der Waals surface area contributed by atoms with Crippen molar-refractivity contribution in [2.24, 2.45) is 0 Å². The Labute approximate surface area is 190 Å². The van der Waals surface area contributed by atoms with E-state index in [-0.39, 0.29) is 34.8 Å². The number of esters is 1. The average molecular weight is 445 g/mol. The number of amides is 1. The number of aromatic nitrogens is 2. The quantitative estimate of drug-likeness (QED) is 0.457. The summed E-state index contributed by atoms with van der Waals surface area (Å²) in [6, 6.07) is 13.2. The molecule has 1 aliphatic rings. The number of fused-ring (bicyclic) bond motifs is 2. The van der Waals surface area contributed by atoms with Crippen LogP contribution in [0.5, 0.6) is 0 Å². The second-order valence-corrected chi connectivity index (χ2v) is 7.95. The van der Waals surface area contributed by atoms with Crippen molar-refractivity contribution in [2.75, 3.05) is 5.32 Å². The maximum Gasteiger partial charge on any atom is 0.308 e. The molecule has 4 rings (SSSR count). The fraction of sp³-hybridized carbons (Fsp3) is 0.240. The molecule has 2 aromatic carbocycles. The minimum atomic E-state index is -1.09. The lowest BCUT2D eigenvalue weighted by atomic mass is 9.83. The van der Waals surface area contributed by atoms with Gasteiger partial charge < -0.3 is 10.1 Å². The molecule has 3 aromatic rings. The van der Waals surface area contributed by atoms with Gasteiger partial charge in [-0.2, -0.15) is 5.10 Å². The van der Waals surface area contributed by atoms with Crippen molar-refractivity contribution in [3.8, 4) is 0 Å². The molecule has 1 N–H and O–H groups in total. The number of rotatable bonds is 6. The van der Waals surface area contributed by atoms with Crippen LogP contribution in [-0.4, -0.2) is 39.3 Å². The molecule has 0 spiro atoms. The van der Waals surface area contributed by atoms with E-state index in [9.17, 15) is 19.2 Å². The number of ether oxygens (including phenoxy) is 1. The molecular formula is C25H23N3O5. The fourth-order valence-corrected chi connectivity index (χ4v) is 3.89. The Bertz CT molecular complexity index is 1290. The molecule has 8 nitrogen and oxygen atoms in total. The van der Waals surface area contributed by atoms with Gasteiger partial charge in [-0.15, -0.1) is 0 Å². The molecule has 1 aromatic heterocycles. The summed E-state index contributed by atoms with van der Waals surface area (Å²) < 4.78 is 6.96. The first-order chi connectivity index (χ1) is 15.8. The number of ketones is 2. The van der Waals surface area contributed by atoms with Crippen LogP contribution in [0.3, 0.4) is 0 Å². The summed E-state index contributed by atoms with van der Waals surface area (Å²) in [5.41, 5.74) is 2.99. The highest BCUT2D eigenvalue weighted by Gasteiger charge is 2.32. The summed E-state index contributed by atoms with van der Waals surface area (Å²) in [7, 11) is 0. The Kier molecular flexibility index (Phi) is 5.91. The van der Waals surface area contributed by atoms with E-state index in [1.807, 2.05) is 19.9 Å². The van der Waals surface area contributed by atoms with Gasteiger partial charge in [0.25, 0.3) is 5.91 Å². The average Bonchev–Trinajstić information content (AvgIpc) is 3.12. The van der Waals surface area contributed by atoms with Crippen LogP contribution in [0, 0.1) is 13.8 Å². The molecule has 0 saturated carbocycles. The minimum Gasteiger partial charge on any atom is -0.452 e. The number of hydrogen-bond acceptors (Lipinski definition) is 6. The van der Waals surface area contributed by atoms with Crippen LogP contribution in [0.4, 0.5) is 5.69 Å². The second kappa shape index (κ2) is 8.82. The van der Waals surface area contributed by atoms with Crippen LogP contribution in [0.15, 0.2) is 48.5 Å². The van der Waals surface area contributed by atoms with Gasteiger partial charge in [0.2, 0.25) is 0 Å². The Balaban J connectivity index is 1.44. The fourth-order valence-electron chi connectivity index (χ4n) is 3.89. The van der Waals surface area contributed by atoms with Gasteiger partial charge in [-0.1, -0.05) is 36.4 Å². The number of carbonyl (C=O) groups excluding carboxylic acids is 4. The lowest BCUT2D eigenvalue weighted by Crippen LogP contribution is -2.31. The van der Waals surface area contributed by atoms with Gasteiger partial charge in [-0.25, -0.2) is 0 Å². The molecule has 1 unspecified atom stereocenters. The Morgan fingerprint density at radius 2 is 1.67 bits per heavy atom. The molecule has 168 valence electrons. The third kappa shape index (κ3) is 4.32. The van der Waals surface area contributed by atoms with Gasteiger partial charge in [0.1, 0.15) is 0 Å². The van der Waals surface area contributed by atoms with E-state index in [0.717, 1.165) is 11.4 Å². The number of nitrogens with one attached hydrogen (secondary N) is 1. The molecule has 1 aliphatic carbocycles. The van der Waals surface area contributed by atoms with Gasteiger partial charge in [0, 0.05) is 22.4 Å². The summed E-state index contributed by atoms with van der Waals surface area (Å²) >= 11 is 0. The second-order valence-electron chi connectivity index (χ2n) is 7.95. The molecule has 0 bridgehead atoms. The number of aryl methyl sites for hydroxylation is 3. The highest BCUT2D eigenvalue weighted by molar-refractivity contribution is 6.30. The van der Waals surface area contributed by atoms with E-state index in [1.54, 1.807) is 47.1 Å². The number of hydrogen-bond donors (Lipinski definition) is 1. The van der Waals surface area contributed by atoms with Gasteiger partial charge in [-0.05, 0) is 32.9 Å². The number of benzene rings is 2. The van der Waals surface area contributed by atoms with Crippen molar-refractivity contribution in [1.82, 2.24) is 9.78 Å². The van der Waals surface area contributed by atoms with Gasteiger partial charge in [-0.3, -0.25) is 23.9 Å². The minimum absolute atomic E-state index is 0.0596. The molecular weight excluding hydrogens is 422 g/mol. The van der Waals surface area contributed by atoms with E-state index < -0.39 is 18.0 Å². The van der Waals surface area contributed by atoms with Crippen molar-refractivity contribution in [3.05, 3.63) is 82.2 Å². The van der Waals surface area contributed by atoms with E-state index in [1.165, 1.54) is 6.92 Å². The zero-order valence-corrected chi connectivity index (χ0v) is 18.5. The maximum atomic E-state index is 13.1. The summed E-state index contributed by atoms with van der Waals surface area (Å²) in [5.74, 6) is -1.76. The standard InChI is InChI=1S/C25H23N3O5/c1-14-13-15(2)28(27-14)12-11-21(29)33-16(3)25(32)26-20-10-6-9-19-22(20)24(31)18-8-5-4-7-17(18)23(19)30/h4-10,13,16H,11-12H2,1-3H3,(H,26,32). The van der Waals surface area contributed by atoms with E-state index >= 15 is 0 Å². The third-order valence-corrected chi connectivity index (χ3v) is 5.52. The Hall–Kier alpha value is -4.07. The predicted octanol–water partition coefficient (Wildman–Crippen LogP) is 3.24. The van der Waals surface area contributed by atoms with Crippen molar-refractivity contribution < 1.29 is 23.9 Å². The monoisotopic (exact) mass is 445 g/mol. The Morgan fingerprint density at radius 3 is 2.33 bits per heavy atom. The summed E-state index contributed by atoms with van der Waals surface area (Å²) in [6.07, 6.45) is -1.03. The van der Waals surface area contributed by atoms with Crippen LogP contribution in [0.1, 0.15) is 56.6 Å². The lowest BCUT2D eigenvalue weighted by molar-refractivity contribution is -0.153. The first-order valence-corrected chi connectivity index (χ1v) is 10.6. The predicted molar refractivity (Wildman–Crippen MR) is 120 cm³/mol. The molecule has 8 heteroatoms. The van der Waals surface area contributed by atoms with E-state index in [2.05, 4.69) is 10.4 Å². The summed E-state index contributed by atoms with van der Waals surface area (Å²) in [6.45, 7) is 5.56. The van der Waals surface area contributed by atoms with Crippen LogP contribution >= 0.6 is 0 Å². The number of carbonyl (C=O) groups is 4. The van der Waals surface area contributed by atoms with Crippen molar-refractivity contribution in [3.63, 3.8) is 0 Å². The van der Waals surface area contributed by atoms with Crippen molar-refractivity contribution >= 4 is 29.1 Å². The maximum absolute atomic E-state index is 13.1. The van der Waals surface area contributed by atoms with E-state index in [4.69, 9.17) is 4.74 Å². The smallest absolute Gasteiger partial charge is 0.308 e. The SMILES string of the molecule is Cc1cc(C)n(CCC(=O)OC(C)C(=O)Nc2cccc3c2C(=O)c2ccccc2C3=O)n1. The summed E-state index contributed by atoms with van der Waals surface area (Å²) in [5, 5.41) is 6.93. The van der Waals surface area contributed by atoms with Crippen LogP contribution in [0.25, 0.3) is 0 Å². The molecule has 1 atom stereocenters. The van der Waals surface area contributed by atoms with Crippen LogP contribution in [0.2, 0.25) is 0 Å². The molecule has 0 saturated heterocycles. The first kappa shape index (κ1) is 22.1. The highest BCUT2D eigenvalue weighted by atomic mass is 16.5. The molecule has 0 radical (unpaired) electrons. The van der Waals surface area contributed by atoms with Crippen LogP contribution in [-0.2, 0) is 20.9 Å². The summed E-state index contributed by atoms with van der Waals surface area (Å²) in [4.78, 5) is 50.8. The first-order valence-electron chi connectivity index (χ1n) is 10.6. The van der Waals surface area contributed by atoms with Crippen molar-refractivity contribution in [2.45, 2.75) is 39.8 Å². The van der Waals surface area contributed by atoms with Crippen LogP contribution < -0.4 is 5.32 Å². The molecule has 1 amide bonds. The third-order valence-electron chi connectivity index (χ3n) is 5.52. The highest BCUT2D eigenvalue weighted by Crippen LogP contribution is 2.32. The Morgan fingerprint density at radius 1 is 1.00 bits per heavy atom. The zero-order valence-electron chi connectivity index (χ0n) is 18.5. The van der Waals surface area contributed by atoms with Crippen molar-refractivity contribution in [1.29, 1.82) is 0 Å². The molecule has 33 heavy (non-hydrogen) atoms. The largest absolute Gasteiger partial charge is 0.452 e. The topological polar surface area (TPSA) is 107 Å². The van der Waals surface area contributed by atoms with Gasteiger partial charge in [0.15, 0.2) is 17.7 Å².